The molecule has 1 heterocycles. The van der Waals surface area contributed by atoms with Gasteiger partial charge in [-0.05, 0) is 55.3 Å². The molecule has 2 N–H and O–H groups in total. The van der Waals surface area contributed by atoms with Crippen LogP contribution in [0.2, 0.25) is 5.02 Å². The Balaban J connectivity index is 2.27. The summed E-state index contributed by atoms with van der Waals surface area (Å²) < 4.78 is 0. The Hall–Kier alpha value is -1.10. The van der Waals surface area contributed by atoms with E-state index in [1.807, 2.05) is 44.4 Å². The molecule has 0 fully saturated rings. The largest absolute Gasteiger partial charge is 0.328 e. The fourth-order valence-electron chi connectivity index (χ4n) is 1.67. The van der Waals surface area contributed by atoms with E-state index >= 15 is 0 Å². The fourth-order valence-corrected chi connectivity index (χ4v) is 2.78. The van der Waals surface area contributed by atoms with Crippen molar-refractivity contribution in [3.63, 3.8) is 0 Å². The first kappa shape index (κ1) is 14.3. The molecular formula is C14H16ClN3S. The third-order valence-corrected chi connectivity index (χ3v) is 3.76. The van der Waals surface area contributed by atoms with Crippen molar-refractivity contribution in [1.82, 2.24) is 9.97 Å². The smallest absolute Gasteiger partial charge is 0.192 e. The molecule has 0 bridgehead atoms. The Morgan fingerprint density at radius 1 is 1.32 bits per heavy atom. The van der Waals surface area contributed by atoms with E-state index in [0.717, 1.165) is 22.0 Å². The number of hydrogen-bond donors (Lipinski definition) is 1. The zero-order chi connectivity index (χ0) is 13.8. The average Bonchev–Trinajstić information content (AvgIpc) is 2.35. The minimum Gasteiger partial charge on any atom is -0.328 e. The Labute approximate surface area is 122 Å². The van der Waals surface area contributed by atoms with Gasteiger partial charge in [-0.15, -0.1) is 0 Å². The van der Waals surface area contributed by atoms with E-state index in [4.69, 9.17) is 17.3 Å². The number of benzene rings is 1. The van der Waals surface area contributed by atoms with Crippen molar-refractivity contribution in [3.05, 3.63) is 46.7 Å². The molecule has 100 valence electrons. The molecule has 0 amide bonds. The quantitative estimate of drug-likeness (QED) is 0.877. The van der Waals surface area contributed by atoms with E-state index in [2.05, 4.69) is 9.97 Å². The van der Waals surface area contributed by atoms with Crippen molar-refractivity contribution in [1.29, 1.82) is 0 Å². The van der Waals surface area contributed by atoms with E-state index < -0.39 is 0 Å². The molecule has 3 nitrogen and oxygen atoms in total. The van der Waals surface area contributed by atoms with Gasteiger partial charge in [-0.3, -0.25) is 0 Å². The minimum atomic E-state index is 0.111. The second-order valence-electron chi connectivity index (χ2n) is 4.58. The molecule has 0 aliphatic rings. The van der Waals surface area contributed by atoms with Gasteiger partial charge >= 0.3 is 0 Å². The van der Waals surface area contributed by atoms with Crippen LogP contribution in [-0.2, 0) is 6.42 Å². The van der Waals surface area contributed by atoms with Gasteiger partial charge in [-0.25, -0.2) is 9.97 Å². The summed E-state index contributed by atoms with van der Waals surface area (Å²) in [6.45, 7) is 3.96. The monoisotopic (exact) mass is 293 g/mol. The molecule has 19 heavy (non-hydrogen) atoms. The summed E-state index contributed by atoms with van der Waals surface area (Å²) in [7, 11) is 0. The van der Waals surface area contributed by atoms with Gasteiger partial charge in [-0.1, -0.05) is 17.7 Å². The van der Waals surface area contributed by atoms with Gasteiger partial charge in [0.1, 0.15) is 0 Å². The van der Waals surface area contributed by atoms with Gasteiger partial charge in [0.15, 0.2) is 5.16 Å². The van der Waals surface area contributed by atoms with Gasteiger partial charge in [0.05, 0.1) is 0 Å². The van der Waals surface area contributed by atoms with Gasteiger partial charge < -0.3 is 5.73 Å². The summed E-state index contributed by atoms with van der Waals surface area (Å²) >= 11 is 7.58. The van der Waals surface area contributed by atoms with Crippen molar-refractivity contribution in [2.75, 3.05) is 0 Å². The lowest BCUT2D eigenvalue weighted by molar-refractivity contribution is 0.729. The number of aryl methyl sites for hydroxylation is 1. The molecule has 2 aromatic rings. The highest BCUT2D eigenvalue weighted by atomic mass is 35.5. The summed E-state index contributed by atoms with van der Waals surface area (Å²) in [5.74, 6) is 0. The lowest BCUT2D eigenvalue weighted by Crippen LogP contribution is -2.18. The van der Waals surface area contributed by atoms with Crippen LogP contribution in [0.4, 0.5) is 0 Å². The van der Waals surface area contributed by atoms with Crippen LogP contribution < -0.4 is 5.73 Å². The lowest BCUT2D eigenvalue weighted by Gasteiger charge is -2.11. The zero-order valence-corrected chi connectivity index (χ0v) is 12.5. The highest BCUT2D eigenvalue weighted by molar-refractivity contribution is 7.99. The number of nitrogens with two attached hydrogens (primary N) is 1. The second-order valence-corrected chi connectivity index (χ2v) is 6.02. The summed E-state index contributed by atoms with van der Waals surface area (Å²) in [6.07, 6.45) is 4.43. The molecule has 0 aliphatic heterocycles. The van der Waals surface area contributed by atoms with Crippen LogP contribution in [0.25, 0.3) is 0 Å². The van der Waals surface area contributed by atoms with E-state index in [0.29, 0.717) is 5.02 Å². The minimum absolute atomic E-state index is 0.111. The predicted octanol–water partition coefficient (Wildman–Crippen LogP) is 3.48. The van der Waals surface area contributed by atoms with Gasteiger partial charge in [0.2, 0.25) is 0 Å². The van der Waals surface area contributed by atoms with Gasteiger partial charge in [-0.2, -0.15) is 0 Å². The Kier molecular flexibility index (Phi) is 4.80. The molecule has 2 rings (SSSR count). The van der Waals surface area contributed by atoms with Crippen LogP contribution in [0, 0.1) is 6.92 Å². The highest BCUT2D eigenvalue weighted by Gasteiger charge is 2.09. The Bertz CT molecular complexity index is 555. The predicted molar refractivity (Wildman–Crippen MR) is 79.7 cm³/mol. The van der Waals surface area contributed by atoms with Gasteiger partial charge in [0, 0.05) is 28.4 Å². The highest BCUT2D eigenvalue weighted by Crippen LogP contribution is 2.30. The van der Waals surface area contributed by atoms with Crippen LogP contribution in [0.15, 0.2) is 40.6 Å². The lowest BCUT2D eigenvalue weighted by atomic mass is 10.1. The number of halogens is 1. The summed E-state index contributed by atoms with van der Waals surface area (Å²) in [5.41, 5.74) is 8.09. The zero-order valence-electron chi connectivity index (χ0n) is 10.9. The fraction of sp³-hybridized carbons (Fsp3) is 0.286. The Morgan fingerprint density at radius 3 is 2.63 bits per heavy atom. The van der Waals surface area contributed by atoms with Crippen molar-refractivity contribution in [3.8, 4) is 0 Å². The first-order valence-electron chi connectivity index (χ1n) is 6.05. The van der Waals surface area contributed by atoms with Crippen LogP contribution in [0.3, 0.4) is 0 Å². The van der Waals surface area contributed by atoms with Crippen molar-refractivity contribution in [2.45, 2.75) is 36.4 Å². The van der Waals surface area contributed by atoms with E-state index in [1.165, 1.54) is 17.3 Å². The molecule has 1 aromatic carbocycles. The molecular weight excluding hydrogens is 278 g/mol. The van der Waals surface area contributed by atoms with Crippen molar-refractivity contribution in [2.24, 2.45) is 5.73 Å². The maximum absolute atomic E-state index is 6.06. The summed E-state index contributed by atoms with van der Waals surface area (Å²) in [5, 5.41) is 1.43. The number of nitrogens with zero attached hydrogens (tertiary/aromatic N) is 2. The summed E-state index contributed by atoms with van der Waals surface area (Å²) in [4.78, 5) is 9.67. The van der Waals surface area contributed by atoms with Crippen LogP contribution in [0.5, 0.6) is 0 Å². The third-order valence-electron chi connectivity index (χ3n) is 2.53. The first-order chi connectivity index (χ1) is 9.04. The third kappa shape index (κ3) is 4.20. The summed E-state index contributed by atoms with van der Waals surface area (Å²) in [6, 6.07) is 5.95. The number of rotatable bonds is 4. The van der Waals surface area contributed by atoms with Crippen molar-refractivity contribution < 1.29 is 0 Å². The normalized spacial score (nSPS) is 12.4. The maximum atomic E-state index is 6.06. The molecule has 0 aliphatic carbocycles. The molecule has 0 saturated carbocycles. The topological polar surface area (TPSA) is 51.8 Å². The van der Waals surface area contributed by atoms with Crippen molar-refractivity contribution >= 4 is 23.4 Å². The molecule has 0 radical (unpaired) electrons. The molecule has 0 saturated heterocycles. The standard InChI is InChI=1S/C14H16ClN3S/c1-9-7-17-14(18-8-9)19-13-6-12(15)4-3-11(13)5-10(2)16/h3-4,6-8,10H,5,16H2,1-2H3. The van der Waals surface area contributed by atoms with Crippen LogP contribution in [-0.4, -0.2) is 16.0 Å². The molecule has 1 atom stereocenters. The van der Waals surface area contributed by atoms with E-state index in [9.17, 15) is 0 Å². The van der Waals surface area contributed by atoms with Crippen LogP contribution >= 0.6 is 23.4 Å². The molecule has 0 spiro atoms. The van der Waals surface area contributed by atoms with E-state index in [1.54, 1.807) is 0 Å². The first-order valence-corrected chi connectivity index (χ1v) is 7.24. The average molecular weight is 294 g/mol. The molecule has 1 aromatic heterocycles. The maximum Gasteiger partial charge on any atom is 0.192 e. The number of aromatic nitrogens is 2. The molecule has 5 heteroatoms. The second kappa shape index (κ2) is 6.37. The SMILES string of the molecule is Cc1cnc(Sc2cc(Cl)ccc2CC(C)N)nc1. The number of hydrogen-bond acceptors (Lipinski definition) is 4. The van der Waals surface area contributed by atoms with Gasteiger partial charge in [0.25, 0.3) is 0 Å². The molecule has 1 unspecified atom stereocenters. The Morgan fingerprint density at radius 2 is 2.00 bits per heavy atom. The van der Waals surface area contributed by atoms with E-state index in [-0.39, 0.29) is 6.04 Å². The van der Waals surface area contributed by atoms with Crippen LogP contribution in [0.1, 0.15) is 18.1 Å².